The zero-order chi connectivity index (χ0) is 21.0. The fraction of sp³-hybridized carbons (Fsp3) is 0.200. The molecule has 1 amide bonds. The predicted molar refractivity (Wildman–Crippen MR) is 116 cm³/mol. The van der Waals surface area contributed by atoms with Crippen molar-refractivity contribution < 1.29 is 9.53 Å². The van der Waals surface area contributed by atoms with Crippen LogP contribution in [-0.2, 0) is 4.74 Å². The van der Waals surface area contributed by atoms with Gasteiger partial charge >= 0.3 is 6.09 Å². The van der Waals surface area contributed by atoms with Crippen LogP contribution in [0.15, 0.2) is 41.7 Å². The van der Waals surface area contributed by atoms with Crippen LogP contribution in [0.1, 0.15) is 20.8 Å². The van der Waals surface area contributed by atoms with Crippen LogP contribution < -0.4 is 10.9 Å². The molecule has 0 aliphatic carbocycles. The molecule has 0 aliphatic heterocycles. The monoisotopic (exact) mass is 422 g/mol. The lowest BCUT2D eigenvalue weighted by atomic mass is 10.2. The molecule has 152 valence electrons. The van der Waals surface area contributed by atoms with Gasteiger partial charge in [0, 0.05) is 24.2 Å². The van der Waals surface area contributed by atoms with E-state index >= 15 is 0 Å². The van der Waals surface area contributed by atoms with Crippen molar-refractivity contribution in [2.45, 2.75) is 26.4 Å². The maximum atomic E-state index is 12.8. The number of aromatic amines is 2. The number of nitrogens with one attached hydrogen (secondary N) is 3. The molecule has 0 aliphatic rings. The minimum Gasteiger partial charge on any atom is -0.444 e. The summed E-state index contributed by atoms with van der Waals surface area (Å²) in [5, 5.41) is 7.72. The zero-order valence-electron chi connectivity index (χ0n) is 16.4. The number of hydrogen-bond donors (Lipinski definition) is 3. The number of thiazole rings is 1. The minimum absolute atomic E-state index is 0.258. The lowest BCUT2D eigenvalue weighted by Gasteiger charge is -2.19. The first-order valence-corrected chi connectivity index (χ1v) is 10.1. The van der Waals surface area contributed by atoms with Crippen LogP contribution in [0.4, 0.5) is 10.5 Å². The molecule has 5 aromatic rings. The number of hydrogen-bond acceptors (Lipinski definition) is 6. The first-order valence-electron chi connectivity index (χ1n) is 9.25. The lowest BCUT2D eigenvalue weighted by molar-refractivity contribution is 0.0636. The number of amides is 1. The molecule has 10 heteroatoms. The highest BCUT2D eigenvalue weighted by Gasteiger charge is 2.19. The number of carbonyl (C=O) groups is 1. The van der Waals surface area contributed by atoms with E-state index in [9.17, 15) is 9.59 Å². The predicted octanol–water partition coefficient (Wildman–Crippen LogP) is 4.13. The molecule has 0 atom stereocenters. The molecule has 3 N–H and O–H groups in total. The van der Waals surface area contributed by atoms with Gasteiger partial charge in [0.25, 0.3) is 5.56 Å². The van der Waals surface area contributed by atoms with E-state index in [4.69, 9.17) is 4.74 Å². The summed E-state index contributed by atoms with van der Waals surface area (Å²) in [5.41, 5.74) is 2.14. The third-order valence-corrected chi connectivity index (χ3v) is 5.57. The largest absolute Gasteiger partial charge is 0.444 e. The Morgan fingerprint density at radius 1 is 1.30 bits per heavy atom. The number of H-pyrrole nitrogens is 2. The average Bonchev–Trinajstić information content (AvgIpc) is 3.35. The summed E-state index contributed by atoms with van der Waals surface area (Å²) < 4.78 is 6.96. The highest BCUT2D eigenvalue weighted by Crippen LogP contribution is 2.33. The van der Waals surface area contributed by atoms with Gasteiger partial charge in [-0.25, -0.2) is 9.31 Å². The number of anilines is 1. The van der Waals surface area contributed by atoms with Crippen LogP contribution in [-0.4, -0.2) is 36.3 Å². The maximum absolute atomic E-state index is 12.8. The highest BCUT2D eigenvalue weighted by atomic mass is 32.1. The first-order chi connectivity index (χ1) is 14.3. The quantitative estimate of drug-likeness (QED) is 0.395. The Bertz CT molecular complexity index is 1470. The van der Waals surface area contributed by atoms with Crippen LogP contribution in [0.25, 0.3) is 37.2 Å². The summed E-state index contributed by atoms with van der Waals surface area (Å²) in [6.07, 6.45) is 6.57. The van der Waals surface area contributed by atoms with E-state index < -0.39 is 11.7 Å². The van der Waals surface area contributed by atoms with E-state index in [0.717, 1.165) is 15.3 Å². The summed E-state index contributed by atoms with van der Waals surface area (Å²) in [6.45, 7) is 5.35. The van der Waals surface area contributed by atoms with Gasteiger partial charge < -0.3 is 14.7 Å². The molecule has 0 spiro atoms. The van der Waals surface area contributed by atoms with Gasteiger partial charge in [-0.3, -0.25) is 15.1 Å². The molecule has 5 aromatic heterocycles. The normalized spacial score (nSPS) is 12.1. The Morgan fingerprint density at radius 2 is 2.13 bits per heavy atom. The molecular formula is C20H18N6O3S. The van der Waals surface area contributed by atoms with E-state index in [1.807, 2.05) is 24.7 Å². The third kappa shape index (κ3) is 3.11. The standard InChI is InChI=1S/C20H18N6O3S/c1-20(2,3)29-19(28)23-11-6-12-15(22-8-11)16-14(17(27)24-12)18-26(25-16)9-13(30-18)10-4-5-21-7-10/h4-9,21H,1-3H3,(H,23,28)(H,24,27). The van der Waals surface area contributed by atoms with Crippen LogP contribution >= 0.6 is 11.3 Å². The van der Waals surface area contributed by atoms with Crippen LogP contribution in [0, 0.1) is 0 Å². The highest BCUT2D eigenvalue weighted by molar-refractivity contribution is 7.21. The summed E-state index contributed by atoms with van der Waals surface area (Å²) in [4.78, 5) is 36.9. The molecule has 9 nitrogen and oxygen atoms in total. The SMILES string of the molecule is CC(C)(C)OC(=O)Nc1cnc2c(c1)[nH]c(=O)c1c2nn2cc(-c3cc[nH]c3)sc12. The number of nitrogens with zero attached hydrogens (tertiary/aromatic N) is 3. The van der Waals surface area contributed by atoms with Gasteiger partial charge in [-0.05, 0) is 32.9 Å². The minimum atomic E-state index is -0.615. The number of pyridine rings is 2. The van der Waals surface area contributed by atoms with Crippen molar-refractivity contribution in [3.63, 3.8) is 0 Å². The number of carbonyl (C=O) groups excluding carboxylic acids is 1. The molecule has 0 unspecified atom stereocenters. The Hall–Kier alpha value is -3.66. The van der Waals surface area contributed by atoms with Crippen LogP contribution in [0.5, 0.6) is 0 Å². The van der Waals surface area contributed by atoms with Crippen molar-refractivity contribution in [1.82, 2.24) is 24.6 Å². The Kier molecular flexibility index (Phi) is 3.93. The van der Waals surface area contributed by atoms with Crippen molar-refractivity contribution in [1.29, 1.82) is 0 Å². The Labute approximate surface area is 173 Å². The van der Waals surface area contributed by atoms with Crippen molar-refractivity contribution >= 4 is 49.9 Å². The van der Waals surface area contributed by atoms with Gasteiger partial charge in [0.2, 0.25) is 0 Å². The second-order valence-electron chi connectivity index (χ2n) is 7.87. The molecule has 0 bridgehead atoms. The summed E-state index contributed by atoms with van der Waals surface area (Å²) in [6, 6.07) is 3.61. The average molecular weight is 422 g/mol. The second kappa shape index (κ2) is 6.42. The topological polar surface area (TPSA) is 117 Å². The maximum Gasteiger partial charge on any atom is 0.412 e. The molecule has 0 saturated heterocycles. The van der Waals surface area contributed by atoms with Gasteiger partial charge in [-0.15, -0.1) is 11.3 Å². The smallest absolute Gasteiger partial charge is 0.412 e. The summed E-state index contributed by atoms with van der Waals surface area (Å²) in [5.74, 6) is 0. The summed E-state index contributed by atoms with van der Waals surface area (Å²) >= 11 is 1.49. The molecule has 5 rings (SSSR count). The number of fused-ring (bicyclic) bond motifs is 5. The molecule has 0 aromatic carbocycles. The van der Waals surface area contributed by atoms with Gasteiger partial charge in [0.05, 0.1) is 22.3 Å². The number of ether oxygens (including phenoxy) is 1. The van der Waals surface area contributed by atoms with E-state index in [1.54, 1.807) is 31.4 Å². The van der Waals surface area contributed by atoms with E-state index in [2.05, 4.69) is 25.4 Å². The van der Waals surface area contributed by atoms with Crippen molar-refractivity contribution in [2.24, 2.45) is 0 Å². The van der Waals surface area contributed by atoms with Crippen molar-refractivity contribution in [3.8, 4) is 10.4 Å². The van der Waals surface area contributed by atoms with E-state index in [1.165, 1.54) is 17.5 Å². The fourth-order valence-electron chi connectivity index (χ4n) is 3.25. The molecular weight excluding hydrogens is 404 g/mol. The third-order valence-electron chi connectivity index (χ3n) is 4.43. The molecule has 30 heavy (non-hydrogen) atoms. The van der Waals surface area contributed by atoms with Gasteiger partial charge in [0.1, 0.15) is 26.9 Å². The fourth-order valence-corrected chi connectivity index (χ4v) is 4.33. The van der Waals surface area contributed by atoms with Gasteiger partial charge in [-0.1, -0.05) is 0 Å². The Balaban J connectivity index is 1.59. The zero-order valence-corrected chi connectivity index (χ0v) is 17.3. The molecule has 0 fully saturated rings. The lowest BCUT2D eigenvalue weighted by Crippen LogP contribution is -2.27. The summed E-state index contributed by atoms with van der Waals surface area (Å²) in [7, 11) is 0. The van der Waals surface area contributed by atoms with E-state index in [-0.39, 0.29) is 5.56 Å². The van der Waals surface area contributed by atoms with Crippen LogP contribution in [0.3, 0.4) is 0 Å². The van der Waals surface area contributed by atoms with Gasteiger partial charge in [0.15, 0.2) is 0 Å². The van der Waals surface area contributed by atoms with Gasteiger partial charge in [-0.2, -0.15) is 5.10 Å². The Morgan fingerprint density at radius 3 is 2.87 bits per heavy atom. The molecule has 0 saturated carbocycles. The number of rotatable bonds is 2. The van der Waals surface area contributed by atoms with E-state index in [0.29, 0.717) is 27.6 Å². The molecule has 0 radical (unpaired) electrons. The van der Waals surface area contributed by atoms with Crippen molar-refractivity contribution in [3.05, 3.63) is 47.3 Å². The molecule has 5 heterocycles. The van der Waals surface area contributed by atoms with Crippen molar-refractivity contribution in [2.75, 3.05) is 5.32 Å². The second-order valence-corrected chi connectivity index (χ2v) is 8.90. The first kappa shape index (κ1) is 18.4. The number of aromatic nitrogens is 5. The van der Waals surface area contributed by atoms with Crippen LogP contribution in [0.2, 0.25) is 0 Å².